The van der Waals surface area contributed by atoms with E-state index < -0.39 is 0 Å². The molecule has 3 heteroatoms. The Hall–Kier alpha value is -0.730. The maximum Gasteiger partial charge on any atom is 0.314 e. The van der Waals surface area contributed by atoms with Crippen LogP contribution in [-0.2, 0) is 0 Å². The van der Waals surface area contributed by atoms with Crippen LogP contribution in [0.3, 0.4) is 0 Å². The van der Waals surface area contributed by atoms with Gasteiger partial charge >= 0.3 is 6.03 Å². The fourth-order valence-electron chi connectivity index (χ4n) is 1.79. The summed E-state index contributed by atoms with van der Waals surface area (Å²) in [5, 5.41) is 5.42. The second-order valence-electron chi connectivity index (χ2n) is 3.95. The van der Waals surface area contributed by atoms with Gasteiger partial charge in [0.25, 0.3) is 0 Å². The standard InChI is InChI=1S/C9H18N2O/c1-9(5-3-4-6-9)7-11-8(12)10-2/h3-7H2,1-2H3,(H2,10,11,12). The van der Waals surface area contributed by atoms with E-state index in [1.54, 1.807) is 7.05 Å². The maximum absolute atomic E-state index is 10.9. The highest BCUT2D eigenvalue weighted by atomic mass is 16.2. The Labute approximate surface area is 73.9 Å². The zero-order chi connectivity index (χ0) is 9.03. The largest absolute Gasteiger partial charge is 0.341 e. The molecule has 70 valence electrons. The van der Waals surface area contributed by atoms with Crippen LogP contribution in [-0.4, -0.2) is 19.6 Å². The summed E-state index contributed by atoms with van der Waals surface area (Å²) in [5.74, 6) is 0. The van der Waals surface area contributed by atoms with Crippen LogP contribution in [0.25, 0.3) is 0 Å². The Bertz CT molecular complexity index is 162. The molecule has 3 nitrogen and oxygen atoms in total. The predicted octanol–water partition coefficient (Wildman–Crippen LogP) is 1.50. The molecule has 2 N–H and O–H groups in total. The lowest BCUT2D eigenvalue weighted by Gasteiger charge is -2.23. The summed E-state index contributed by atoms with van der Waals surface area (Å²) in [4.78, 5) is 10.9. The zero-order valence-corrected chi connectivity index (χ0v) is 7.94. The fraction of sp³-hybridized carbons (Fsp3) is 0.889. The van der Waals surface area contributed by atoms with Crippen molar-refractivity contribution in [1.29, 1.82) is 0 Å². The lowest BCUT2D eigenvalue weighted by atomic mass is 9.89. The number of hydrogen-bond donors (Lipinski definition) is 2. The highest BCUT2D eigenvalue weighted by molar-refractivity contribution is 5.73. The quantitative estimate of drug-likeness (QED) is 0.647. The molecule has 1 saturated carbocycles. The number of carbonyl (C=O) groups is 1. The number of nitrogens with one attached hydrogen (secondary N) is 2. The van der Waals surface area contributed by atoms with E-state index in [1.165, 1.54) is 25.7 Å². The normalized spacial score (nSPS) is 20.5. The van der Waals surface area contributed by atoms with E-state index in [9.17, 15) is 4.79 Å². The molecule has 0 heterocycles. The molecule has 0 unspecified atom stereocenters. The minimum absolute atomic E-state index is 0.0666. The van der Waals surface area contributed by atoms with E-state index in [0.29, 0.717) is 5.41 Å². The van der Waals surface area contributed by atoms with Crippen molar-refractivity contribution in [2.24, 2.45) is 5.41 Å². The van der Waals surface area contributed by atoms with E-state index in [2.05, 4.69) is 17.6 Å². The summed E-state index contributed by atoms with van der Waals surface area (Å²) in [7, 11) is 1.65. The monoisotopic (exact) mass is 170 g/mol. The molecule has 0 radical (unpaired) electrons. The SMILES string of the molecule is CNC(=O)NCC1(C)CCCC1. The van der Waals surface area contributed by atoms with Crippen molar-refractivity contribution in [2.75, 3.05) is 13.6 Å². The second-order valence-corrected chi connectivity index (χ2v) is 3.95. The van der Waals surface area contributed by atoms with Crippen LogP contribution in [0.1, 0.15) is 32.6 Å². The molecule has 0 aromatic heterocycles. The first-order valence-electron chi connectivity index (χ1n) is 4.62. The van der Waals surface area contributed by atoms with Gasteiger partial charge in [-0.2, -0.15) is 0 Å². The van der Waals surface area contributed by atoms with Crippen LogP contribution in [0.5, 0.6) is 0 Å². The summed E-state index contributed by atoms with van der Waals surface area (Å²) in [6.07, 6.45) is 5.12. The van der Waals surface area contributed by atoms with Gasteiger partial charge in [0.2, 0.25) is 0 Å². The molecule has 0 aromatic rings. The van der Waals surface area contributed by atoms with Crippen molar-refractivity contribution < 1.29 is 4.79 Å². The van der Waals surface area contributed by atoms with Crippen LogP contribution in [0, 0.1) is 5.41 Å². The lowest BCUT2D eigenvalue weighted by molar-refractivity contribution is 0.233. The molecule has 1 aliphatic carbocycles. The van der Waals surface area contributed by atoms with Crippen molar-refractivity contribution in [2.45, 2.75) is 32.6 Å². The smallest absolute Gasteiger partial charge is 0.314 e. The van der Waals surface area contributed by atoms with Crippen LogP contribution in [0.4, 0.5) is 4.79 Å². The van der Waals surface area contributed by atoms with Gasteiger partial charge in [0.1, 0.15) is 0 Å². The van der Waals surface area contributed by atoms with Gasteiger partial charge in [0, 0.05) is 13.6 Å². The van der Waals surface area contributed by atoms with Crippen molar-refractivity contribution in [1.82, 2.24) is 10.6 Å². The van der Waals surface area contributed by atoms with Crippen molar-refractivity contribution >= 4 is 6.03 Å². The molecular formula is C9H18N2O. The van der Waals surface area contributed by atoms with Gasteiger partial charge in [0.15, 0.2) is 0 Å². The molecule has 1 aliphatic rings. The molecule has 0 aromatic carbocycles. The third kappa shape index (κ3) is 2.40. The van der Waals surface area contributed by atoms with Gasteiger partial charge in [0.05, 0.1) is 0 Å². The number of rotatable bonds is 2. The third-order valence-corrected chi connectivity index (χ3v) is 2.71. The summed E-state index contributed by atoms with van der Waals surface area (Å²) in [6.45, 7) is 3.06. The Morgan fingerprint density at radius 3 is 2.50 bits per heavy atom. The number of urea groups is 1. The van der Waals surface area contributed by atoms with E-state index in [1.807, 2.05) is 0 Å². The average molecular weight is 170 g/mol. The second kappa shape index (κ2) is 3.78. The summed E-state index contributed by atoms with van der Waals surface area (Å²) < 4.78 is 0. The molecular weight excluding hydrogens is 152 g/mol. The van der Waals surface area contributed by atoms with Gasteiger partial charge in [-0.3, -0.25) is 0 Å². The van der Waals surface area contributed by atoms with Crippen LogP contribution in [0.15, 0.2) is 0 Å². The molecule has 1 fully saturated rings. The van der Waals surface area contributed by atoms with Gasteiger partial charge < -0.3 is 10.6 Å². The van der Waals surface area contributed by atoms with E-state index in [4.69, 9.17) is 0 Å². The lowest BCUT2D eigenvalue weighted by Crippen LogP contribution is -2.39. The summed E-state index contributed by atoms with van der Waals surface area (Å²) in [6, 6.07) is -0.0666. The van der Waals surface area contributed by atoms with Gasteiger partial charge in [-0.15, -0.1) is 0 Å². The maximum atomic E-state index is 10.9. The highest BCUT2D eigenvalue weighted by Gasteiger charge is 2.28. The van der Waals surface area contributed by atoms with Crippen LogP contribution >= 0.6 is 0 Å². The molecule has 0 atom stereocenters. The molecule has 1 rings (SSSR count). The van der Waals surface area contributed by atoms with Crippen LogP contribution < -0.4 is 10.6 Å². The number of carbonyl (C=O) groups excluding carboxylic acids is 1. The first-order chi connectivity index (χ1) is 5.66. The number of amides is 2. The molecule has 0 spiro atoms. The van der Waals surface area contributed by atoms with Gasteiger partial charge in [-0.05, 0) is 18.3 Å². The van der Waals surface area contributed by atoms with Crippen molar-refractivity contribution in [3.63, 3.8) is 0 Å². The average Bonchev–Trinajstić information content (AvgIpc) is 2.49. The third-order valence-electron chi connectivity index (χ3n) is 2.71. The molecule has 0 saturated heterocycles. The first-order valence-corrected chi connectivity index (χ1v) is 4.62. The van der Waals surface area contributed by atoms with Gasteiger partial charge in [-0.1, -0.05) is 19.8 Å². The van der Waals surface area contributed by atoms with E-state index >= 15 is 0 Å². The highest BCUT2D eigenvalue weighted by Crippen LogP contribution is 2.36. The molecule has 0 bridgehead atoms. The molecule has 0 aliphatic heterocycles. The Morgan fingerprint density at radius 2 is 2.00 bits per heavy atom. The molecule has 2 amide bonds. The Morgan fingerprint density at radius 1 is 1.42 bits per heavy atom. The van der Waals surface area contributed by atoms with Crippen LogP contribution in [0.2, 0.25) is 0 Å². The minimum atomic E-state index is -0.0666. The number of hydrogen-bond acceptors (Lipinski definition) is 1. The van der Waals surface area contributed by atoms with Crippen molar-refractivity contribution in [3.05, 3.63) is 0 Å². The first kappa shape index (κ1) is 9.36. The summed E-state index contributed by atoms with van der Waals surface area (Å²) in [5.41, 5.74) is 0.354. The van der Waals surface area contributed by atoms with E-state index in [0.717, 1.165) is 6.54 Å². The molecule has 12 heavy (non-hydrogen) atoms. The topological polar surface area (TPSA) is 41.1 Å². The fourth-order valence-corrected chi connectivity index (χ4v) is 1.79. The van der Waals surface area contributed by atoms with E-state index in [-0.39, 0.29) is 6.03 Å². The minimum Gasteiger partial charge on any atom is -0.341 e. The van der Waals surface area contributed by atoms with Gasteiger partial charge in [-0.25, -0.2) is 4.79 Å². The Kier molecular flexibility index (Phi) is 2.95. The Balaban J connectivity index is 2.25. The predicted molar refractivity (Wildman–Crippen MR) is 49.0 cm³/mol. The summed E-state index contributed by atoms with van der Waals surface area (Å²) >= 11 is 0. The van der Waals surface area contributed by atoms with Crippen molar-refractivity contribution in [3.8, 4) is 0 Å². The zero-order valence-electron chi connectivity index (χ0n) is 7.94.